The highest BCUT2D eigenvalue weighted by Gasteiger charge is 2.26. The van der Waals surface area contributed by atoms with Gasteiger partial charge in [-0.25, -0.2) is 18.1 Å². The topological polar surface area (TPSA) is 79.3 Å². The molecule has 0 radical (unpaired) electrons. The Hall–Kier alpha value is -1.45. The van der Waals surface area contributed by atoms with Crippen LogP contribution in [0.1, 0.15) is 11.9 Å². The molecule has 1 aliphatic heterocycles. The van der Waals surface area contributed by atoms with E-state index in [0.717, 1.165) is 25.5 Å². The minimum atomic E-state index is -3.45. The highest BCUT2D eigenvalue weighted by Crippen LogP contribution is 2.19. The molecule has 0 spiro atoms. The summed E-state index contributed by atoms with van der Waals surface area (Å²) < 4.78 is 29.3. The Labute approximate surface area is 154 Å². The maximum absolute atomic E-state index is 12.3. The Bertz CT molecular complexity index is 766. The summed E-state index contributed by atoms with van der Waals surface area (Å²) in [6, 6.07) is 8.61. The minimum Gasteiger partial charge on any atom is -0.337 e. The summed E-state index contributed by atoms with van der Waals surface area (Å²) in [7, 11) is -1.47. The second-order valence-corrected chi connectivity index (χ2v) is 7.63. The monoisotopic (exact) mass is 385 g/mol. The Balaban J connectivity index is 0.00000225. The zero-order chi connectivity index (χ0) is 17.0. The summed E-state index contributed by atoms with van der Waals surface area (Å²) in [6.07, 6.45) is 3.72. The molecule has 1 aromatic carbocycles. The number of nitrogens with one attached hydrogen (secondary N) is 2. The van der Waals surface area contributed by atoms with E-state index in [4.69, 9.17) is 0 Å². The number of benzene rings is 1. The molecule has 2 aromatic rings. The molecule has 2 heterocycles. The number of hydrogen-bond acceptors (Lipinski definition) is 5. The second-order valence-electron chi connectivity index (χ2n) is 5.86. The van der Waals surface area contributed by atoms with Crippen LogP contribution < -0.4 is 10.0 Å². The van der Waals surface area contributed by atoms with Gasteiger partial charge in [0.1, 0.15) is 5.82 Å². The first-order valence-corrected chi connectivity index (χ1v) is 9.53. The summed E-state index contributed by atoms with van der Waals surface area (Å²) in [5.74, 6) is 0.994. The van der Waals surface area contributed by atoms with Gasteiger partial charge in [-0.3, -0.25) is 4.90 Å². The number of sulfonamides is 1. The van der Waals surface area contributed by atoms with Gasteiger partial charge in [0, 0.05) is 52.2 Å². The predicted molar refractivity (Wildman–Crippen MR) is 99.3 cm³/mol. The first-order valence-electron chi connectivity index (χ1n) is 8.04. The summed E-state index contributed by atoms with van der Waals surface area (Å²) in [6.45, 7) is 3.59. The summed E-state index contributed by atoms with van der Waals surface area (Å²) in [4.78, 5) is 7.00. The van der Waals surface area contributed by atoms with E-state index in [1.54, 1.807) is 36.5 Å². The Morgan fingerprint density at radius 1 is 1.32 bits per heavy atom. The van der Waals surface area contributed by atoms with Gasteiger partial charge < -0.3 is 9.88 Å². The normalized spacial score (nSPS) is 18.7. The lowest BCUT2D eigenvalue weighted by atomic mass is 10.2. The molecular formula is C16H24ClN5O2S. The van der Waals surface area contributed by atoms with Crippen LogP contribution in [0, 0.1) is 0 Å². The highest BCUT2D eigenvalue weighted by atomic mass is 35.5. The molecule has 1 fully saturated rings. The number of rotatable bonds is 6. The number of imidazole rings is 1. The van der Waals surface area contributed by atoms with E-state index in [0.29, 0.717) is 18.0 Å². The third-order valence-electron chi connectivity index (χ3n) is 4.26. The lowest BCUT2D eigenvalue weighted by Crippen LogP contribution is -2.49. The van der Waals surface area contributed by atoms with Crippen LogP contribution in [0.15, 0.2) is 47.6 Å². The van der Waals surface area contributed by atoms with E-state index in [9.17, 15) is 8.42 Å². The number of hydrogen-bond donors (Lipinski definition) is 2. The smallest absolute Gasteiger partial charge is 0.240 e. The molecule has 0 amide bonds. The van der Waals surface area contributed by atoms with Gasteiger partial charge in [0.15, 0.2) is 0 Å². The molecule has 1 atom stereocenters. The van der Waals surface area contributed by atoms with Crippen molar-refractivity contribution in [2.45, 2.75) is 10.9 Å². The second kappa shape index (κ2) is 8.77. The first kappa shape index (κ1) is 19.9. The fourth-order valence-electron chi connectivity index (χ4n) is 2.97. The van der Waals surface area contributed by atoms with Crippen LogP contribution in [0.25, 0.3) is 0 Å². The molecule has 1 unspecified atom stereocenters. The van der Waals surface area contributed by atoms with Crippen molar-refractivity contribution in [3.63, 3.8) is 0 Å². The quantitative estimate of drug-likeness (QED) is 0.767. The molecule has 3 rings (SSSR count). The Kier molecular flexibility index (Phi) is 6.97. The SMILES string of the molecule is Cl.Cn1ccnc1C1CNCCN1CCNS(=O)(=O)c1ccccc1. The van der Waals surface area contributed by atoms with Crippen molar-refractivity contribution in [2.24, 2.45) is 7.05 Å². The third kappa shape index (κ3) is 4.80. The van der Waals surface area contributed by atoms with Crippen LogP contribution in [-0.2, 0) is 17.1 Å². The van der Waals surface area contributed by atoms with Crippen molar-refractivity contribution in [2.75, 3.05) is 32.7 Å². The average Bonchev–Trinajstić information content (AvgIpc) is 3.02. The average molecular weight is 386 g/mol. The van der Waals surface area contributed by atoms with Gasteiger partial charge in [-0.15, -0.1) is 12.4 Å². The lowest BCUT2D eigenvalue weighted by Gasteiger charge is -2.35. The number of aromatic nitrogens is 2. The van der Waals surface area contributed by atoms with Crippen LogP contribution in [0.2, 0.25) is 0 Å². The number of nitrogens with zero attached hydrogens (tertiary/aromatic N) is 3. The van der Waals surface area contributed by atoms with Gasteiger partial charge in [0.25, 0.3) is 0 Å². The van der Waals surface area contributed by atoms with Crippen LogP contribution in [-0.4, -0.2) is 55.6 Å². The van der Waals surface area contributed by atoms with E-state index in [-0.39, 0.29) is 18.4 Å². The van der Waals surface area contributed by atoms with Crippen molar-refractivity contribution in [1.82, 2.24) is 24.5 Å². The van der Waals surface area contributed by atoms with Gasteiger partial charge in [0.05, 0.1) is 10.9 Å². The van der Waals surface area contributed by atoms with Gasteiger partial charge in [-0.2, -0.15) is 0 Å². The maximum Gasteiger partial charge on any atom is 0.240 e. The van der Waals surface area contributed by atoms with Crippen LogP contribution in [0.3, 0.4) is 0 Å². The third-order valence-corrected chi connectivity index (χ3v) is 5.73. The van der Waals surface area contributed by atoms with Crippen molar-refractivity contribution < 1.29 is 8.42 Å². The molecule has 1 saturated heterocycles. The fraction of sp³-hybridized carbons (Fsp3) is 0.438. The van der Waals surface area contributed by atoms with Gasteiger partial charge >= 0.3 is 0 Å². The first-order chi connectivity index (χ1) is 11.6. The predicted octanol–water partition coefficient (Wildman–Crippen LogP) is 0.767. The molecule has 25 heavy (non-hydrogen) atoms. The zero-order valence-corrected chi connectivity index (χ0v) is 15.8. The summed E-state index contributed by atoms with van der Waals surface area (Å²) >= 11 is 0. The van der Waals surface area contributed by atoms with Gasteiger partial charge in [-0.1, -0.05) is 18.2 Å². The minimum absolute atomic E-state index is 0. The van der Waals surface area contributed by atoms with Gasteiger partial charge in [0.2, 0.25) is 10.0 Å². The van der Waals surface area contributed by atoms with Crippen molar-refractivity contribution >= 4 is 22.4 Å². The van der Waals surface area contributed by atoms with Crippen LogP contribution in [0.5, 0.6) is 0 Å². The molecule has 0 saturated carbocycles. The van der Waals surface area contributed by atoms with Crippen LogP contribution in [0.4, 0.5) is 0 Å². The molecule has 0 bridgehead atoms. The van der Waals surface area contributed by atoms with Crippen LogP contribution >= 0.6 is 12.4 Å². The zero-order valence-electron chi connectivity index (χ0n) is 14.1. The largest absolute Gasteiger partial charge is 0.337 e. The van der Waals surface area contributed by atoms with E-state index in [1.807, 2.05) is 17.8 Å². The van der Waals surface area contributed by atoms with Crippen molar-refractivity contribution in [3.05, 3.63) is 48.5 Å². The maximum atomic E-state index is 12.3. The van der Waals surface area contributed by atoms with E-state index < -0.39 is 10.0 Å². The molecule has 1 aliphatic rings. The molecule has 138 valence electrons. The van der Waals surface area contributed by atoms with E-state index in [1.165, 1.54) is 0 Å². The van der Waals surface area contributed by atoms with Crippen molar-refractivity contribution in [3.8, 4) is 0 Å². The molecule has 0 aliphatic carbocycles. The summed E-state index contributed by atoms with van der Waals surface area (Å²) in [5, 5.41) is 3.38. The number of piperazine rings is 1. The van der Waals surface area contributed by atoms with E-state index in [2.05, 4.69) is 19.9 Å². The highest BCUT2D eigenvalue weighted by molar-refractivity contribution is 7.89. The Morgan fingerprint density at radius 2 is 2.08 bits per heavy atom. The standard InChI is InChI=1S/C16H23N5O2S.ClH/c1-20-10-8-18-16(20)15-13-17-7-11-21(15)12-9-19-24(22,23)14-5-3-2-4-6-14;/h2-6,8,10,15,17,19H,7,9,11-13H2,1H3;1H. The molecular weight excluding hydrogens is 362 g/mol. The van der Waals surface area contributed by atoms with Crippen molar-refractivity contribution in [1.29, 1.82) is 0 Å². The van der Waals surface area contributed by atoms with E-state index >= 15 is 0 Å². The molecule has 2 N–H and O–H groups in total. The molecule has 7 nitrogen and oxygen atoms in total. The van der Waals surface area contributed by atoms with Gasteiger partial charge in [-0.05, 0) is 12.1 Å². The Morgan fingerprint density at radius 3 is 2.76 bits per heavy atom. The number of halogens is 1. The number of aryl methyl sites for hydroxylation is 1. The molecule has 1 aromatic heterocycles. The lowest BCUT2D eigenvalue weighted by molar-refractivity contribution is 0.156. The summed E-state index contributed by atoms with van der Waals surface area (Å²) in [5.41, 5.74) is 0. The fourth-order valence-corrected chi connectivity index (χ4v) is 4.02. The molecule has 9 heteroatoms.